The van der Waals surface area contributed by atoms with Gasteiger partial charge in [-0.15, -0.1) is 0 Å². The average molecular weight is 343 g/mol. The lowest BCUT2D eigenvalue weighted by Gasteiger charge is -2.24. The third-order valence-electron chi connectivity index (χ3n) is 4.54. The van der Waals surface area contributed by atoms with Gasteiger partial charge in [0.25, 0.3) is 0 Å². The smallest absolute Gasteiger partial charge is 0.245 e. The SMILES string of the molecule is O=C1[C@H]2CCCN2S(=O)(=O)c2ccccc2N1Cc1ccccn1. The van der Waals surface area contributed by atoms with Gasteiger partial charge >= 0.3 is 0 Å². The number of benzene rings is 1. The summed E-state index contributed by atoms with van der Waals surface area (Å²) in [5.74, 6) is -0.174. The van der Waals surface area contributed by atoms with Crippen LogP contribution in [0.5, 0.6) is 0 Å². The van der Waals surface area contributed by atoms with Crippen LogP contribution in [0.15, 0.2) is 53.6 Å². The Labute approximate surface area is 140 Å². The molecule has 0 aliphatic carbocycles. The van der Waals surface area contributed by atoms with Crippen LogP contribution in [-0.2, 0) is 21.4 Å². The molecule has 2 aromatic rings. The molecule has 0 saturated carbocycles. The normalized spacial score (nSPS) is 22.8. The molecule has 1 atom stereocenters. The zero-order chi connectivity index (χ0) is 16.7. The molecule has 0 unspecified atom stereocenters. The van der Waals surface area contributed by atoms with E-state index >= 15 is 0 Å². The van der Waals surface area contributed by atoms with Crippen LogP contribution in [0.1, 0.15) is 18.5 Å². The number of amides is 1. The van der Waals surface area contributed by atoms with Crippen molar-refractivity contribution in [3.8, 4) is 0 Å². The first kappa shape index (κ1) is 15.3. The van der Waals surface area contributed by atoms with Gasteiger partial charge in [-0.3, -0.25) is 9.78 Å². The van der Waals surface area contributed by atoms with Crippen LogP contribution in [0.2, 0.25) is 0 Å². The highest BCUT2D eigenvalue weighted by Gasteiger charge is 2.46. The second-order valence-electron chi connectivity index (χ2n) is 5.99. The number of fused-ring (bicyclic) bond motifs is 2. The number of sulfonamides is 1. The van der Waals surface area contributed by atoms with E-state index < -0.39 is 16.1 Å². The summed E-state index contributed by atoms with van der Waals surface area (Å²) >= 11 is 0. The first-order chi connectivity index (χ1) is 11.6. The highest BCUT2D eigenvalue weighted by atomic mass is 32.2. The van der Waals surface area contributed by atoms with Crippen LogP contribution in [0.3, 0.4) is 0 Å². The fourth-order valence-electron chi connectivity index (χ4n) is 3.41. The third kappa shape index (κ3) is 2.32. The highest BCUT2D eigenvalue weighted by molar-refractivity contribution is 7.89. The van der Waals surface area contributed by atoms with E-state index in [1.165, 1.54) is 4.31 Å². The highest BCUT2D eigenvalue weighted by Crippen LogP contribution is 2.37. The van der Waals surface area contributed by atoms with Gasteiger partial charge in [-0.05, 0) is 37.1 Å². The molecule has 4 rings (SSSR count). The Morgan fingerprint density at radius 1 is 1.12 bits per heavy atom. The summed E-state index contributed by atoms with van der Waals surface area (Å²) in [4.78, 5) is 19.1. The van der Waals surface area contributed by atoms with Gasteiger partial charge < -0.3 is 4.90 Å². The van der Waals surface area contributed by atoms with Gasteiger partial charge in [0.2, 0.25) is 15.9 Å². The number of hydrogen-bond acceptors (Lipinski definition) is 4. The van der Waals surface area contributed by atoms with Gasteiger partial charge in [-0.2, -0.15) is 4.31 Å². The van der Waals surface area contributed by atoms with E-state index in [1.807, 2.05) is 18.2 Å². The molecule has 1 saturated heterocycles. The standard InChI is InChI=1S/C17H17N3O3S/c21-17-15-8-5-11-20(15)24(22,23)16-9-2-1-7-14(16)19(17)12-13-6-3-4-10-18-13/h1-4,6-7,9-10,15H,5,8,11-12H2/t15-/m1/s1. The summed E-state index contributed by atoms with van der Waals surface area (Å²) in [6, 6.07) is 11.6. The van der Waals surface area contributed by atoms with Gasteiger partial charge in [-0.1, -0.05) is 18.2 Å². The molecule has 0 bridgehead atoms. The van der Waals surface area contributed by atoms with Gasteiger partial charge in [0.1, 0.15) is 10.9 Å². The minimum absolute atomic E-state index is 0.174. The molecule has 2 aliphatic rings. The number of rotatable bonds is 2. The van der Waals surface area contributed by atoms with Crippen LogP contribution in [0.4, 0.5) is 5.69 Å². The number of carbonyl (C=O) groups excluding carboxylic acids is 1. The van der Waals surface area contributed by atoms with Crippen molar-refractivity contribution in [3.63, 3.8) is 0 Å². The van der Waals surface area contributed by atoms with Crippen molar-refractivity contribution in [2.45, 2.75) is 30.3 Å². The lowest BCUT2D eigenvalue weighted by molar-refractivity contribution is -0.121. The van der Waals surface area contributed by atoms with E-state index in [1.54, 1.807) is 35.4 Å². The number of nitrogens with zero attached hydrogens (tertiary/aromatic N) is 3. The molecule has 24 heavy (non-hydrogen) atoms. The molecule has 2 aliphatic heterocycles. The van der Waals surface area contributed by atoms with Gasteiger partial charge in [0.05, 0.1) is 17.9 Å². The molecule has 6 nitrogen and oxygen atoms in total. The lowest BCUT2D eigenvalue weighted by Crippen LogP contribution is -2.44. The molecule has 0 N–H and O–H groups in total. The fraction of sp³-hybridized carbons (Fsp3) is 0.294. The van der Waals surface area contributed by atoms with Gasteiger partial charge in [0, 0.05) is 12.7 Å². The average Bonchev–Trinajstić information content (AvgIpc) is 3.08. The predicted molar refractivity (Wildman–Crippen MR) is 88.8 cm³/mol. The molecular weight excluding hydrogens is 326 g/mol. The summed E-state index contributed by atoms with van der Waals surface area (Å²) in [6.07, 6.45) is 2.93. The summed E-state index contributed by atoms with van der Waals surface area (Å²) in [6.45, 7) is 0.654. The Balaban J connectivity index is 1.87. The number of pyridine rings is 1. The van der Waals surface area contributed by atoms with Gasteiger partial charge in [0.15, 0.2) is 0 Å². The maximum absolute atomic E-state index is 13.1. The first-order valence-corrected chi connectivity index (χ1v) is 9.35. The maximum Gasteiger partial charge on any atom is 0.245 e. The fourth-order valence-corrected chi connectivity index (χ4v) is 5.26. The van der Waals surface area contributed by atoms with Crippen LogP contribution in [0.25, 0.3) is 0 Å². The Morgan fingerprint density at radius 2 is 1.92 bits per heavy atom. The molecule has 1 fully saturated rings. The third-order valence-corrected chi connectivity index (χ3v) is 6.50. The molecule has 0 spiro atoms. The number of carbonyl (C=O) groups is 1. The Kier molecular flexibility index (Phi) is 3.62. The Morgan fingerprint density at radius 3 is 2.71 bits per heavy atom. The number of aromatic nitrogens is 1. The van der Waals surface area contributed by atoms with Crippen molar-refractivity contribution in [1.82, 2.24) is 9.29 Å². The van der Waals surface area contributed by atoms with Crippen molar-refractivity contribution in [2.75, 3.05) is 11.4 Å². The lowest BCUT2D eigenvalue weighted by atomic mass is 10.1. The Hall–Kier alpha value is -2.25. The summed E-state index contributed by atoms with van der Waals surface area (Å²) in [5.41, 5.74) is 1.16. The van der Waals surface area contributed by atoms with Crippen molar-refractivity contribution >= 4 is 21.6 Å². The van der Waals surface area contributed by atoms with E-state index in [9.17, 15) is 13.2 Å². The van der Waals surface area contributed by atoms with Crippen LogP contribution in [0, 0.1) is 0 Å². The molecule has 7 heteroatoms. The molecule has 0 radical (unpaired) electrons. The van der Waals surface area contributed by atoms with Gasteiger partial charge in [-0.25, -0.2) is 8.42 Å². The number of hydrogen-bond donors (Lipinski definition) is 0. The minimum atomic E-state index is -3.66. The quantitative estimate of drug-likeness (QED) is 0.833. The molecule has 124 valence electrons. The van der Waals surface area contributed by atoms with Crippen molar-refractivity contribution in [2.24, 2.45) is 0 Å². The minimum Gasteiger partial charge on any atom is -0.304 e. The summed E-state index contributed by atoms with van der Waals surface area (Å²) in [7, 11) is -3.66. The van der Waals surface area contributed by atoms with Crippen molar-refractivity contribution < 1.29 is 13.2 Å². The van der Waals surface area contributed by atoms with E-state index in [0.717, 1.165) is 5.69 Å². The largest absolute Gasteiger partial charge is 0.304 e. The van der Waals surface area contributed by atoms with E-state index in [0.29, 0.717) is 25.1 Å². The van der Waals surface area contributed by atoms with Crippen molar-refractivity contribution in [1.29, 1.82) is 0 Å². The summed E-state index contributed by atoms with van der Waals surface area (Å²) < 4.78 is 27.3. The molecule has 1 aromatic heterocycles. The molecule has 1 aromatic carbocycles. The summed E-state index contributed by atoms with van der Waals surface area (Å²) in [5, 5.41) is 0. The second-order valence-corrected chi connectivity index (χ2v) is 7.85. The molecule has 1 amide bonds. The van der Waals surface area contributed by atoms with Crippen LogP contribution >= 0.6 is 0 Å². The molecular formula is C17H17N3O3S. The van der Waals surface area contributed by atoms with Crippen LogP contribution in [-0.4, -0.2) is 36.2 Å². The zero-order valence-corrected chi connectivity index (χ0v) is 13.8. The van der Waals surface area contributed by atoms with E-state index in [2.05, 4.69) is 4.98 Å². The van der Waals surface area contributed by atoms with Crippen LogP contribution < -0.4 is 4.90 Å². The van der Waals surface area contributed by atoms with Crippen molar-refractivity contribution in [3.05, 3.63) is 54.4 Å². The van der Waals surface area contributed by atoms with E-state index in [4.69, 9.17) is 0 Å². The monoisotopic (exact) mass is 343 g/mol. The number of anilines is 1. The predicted octanol–water partition coefficient (Wildman–Crippen LogP) is 1.78. The van der Waals surface area contributed by atoms with E-state index in [-0.39, 0.29) is 17.3 Å². The second kappa shape index (κ2) is 5.68. The number of para-hydroxylation sites is 1. The molecule has 3 heterocycles. The Bertz CT molecular complexity index is 883. The zero-order valence-electron chi connectivity index (χ0n) is 13.0. The topological polar surface area (TPSA) is 70.6 Å². The maximum atomic E-state index is 13.1. The first-order valence-electron chi connectivity index (χ1n) is 7.91.